The molecule has 0 unspecified atom stereocenters. The lowest BCUT2D eigenvalue weighted by atomic mass is 10.0. The van der Waals surface area contributed by atoms with E-state index in [0.29, 0.717) is 19.1 Å². The SMILES string of the molecule is CC1=C(/C=C(\C)C(C)C)OCCO1. The second-order valence-corrected chi connectivity index (χ2v) is 3.66. The van der Waals surface area contributed by atoms with E-state index in [9.17, 15) is 0 Å². The first kappa shape index (κ1) is 10.2. The third kappa shape index (κ3) is 2.79. The van der Waals surface area contributed by atoms with Crippen LogP contribution in [0, 0.1) is 5.92 Å². The van der Waals surface area contributed by atoms with Gasteiger partial charge in [0.1, 0.15) is 19.0 Å². The molecule has 1 aliphatic heterocycles. The van der Waals surface area contributed by atoms with Crippen LogP contribution in [-0.4, -0.2) is 13.2 Å². The molecule has 0 radical (unpaired) electrons. The van der Waals surface area contributed by atoms with Crippen LogP contribution >= 0.6 is 0 Å². The zero-order chi connectivity index (χ0) is 9.84. The summed E-state index contributed by atoms with van der Waals surface area (Å²) >= 11 is 0. The van der Waals surface area contributed by atoms with Gasteiger partial charge in [0, 0.05) is 0 Å². The van der Waals surface area contributed by atoms with E-state index in [-0.39, 0.29) is 0 Å². The zero-order valence-corrected chi connectivity index (χ0v) is 8.89. The second-order valence-electron chi connectivity index (χ2n) is 3.66. The molecule has 0 spiro atoms. The van der Waals surface area contributed by atoms with Crippen molar-refractivity contribution in [3.05, 3.63) is 23.2 Å². The van der Waals surface area contributed by atoms with Crippen molar-refractivity contribution in [1.29, 1.82) is 0 Å². The van der Waals surface area contributed by atoms with Crippen molar-refractivity contribution in [2.45, 2.75) is 27.7 Å². The molecule has 0 fully saturated rings. The maximum atomic E-state index is 5.49. The molecule has 0 bridgehead atoms. The van der Waals surface area contributed by atoms with Crippen molar-refractivity contribution in [3.63, 3.8) is 0 Å². The van der Waals surface area contributed by atoms with E-state index in [4.69, 9.17) is 9.47 Å². The Kier molecular flexibility index (Phi) is 3.40. The van der Waals surface area contributed by atoms with Crippen LogP contribution < -0.4 is 0 Å². The molecule has 2 heteroatoms. The number of rotatable bonds is 2. The van der Waals surface area contributed by atoms with Crippen molar-refractivity contribution >= 4 is 0 Å². The molecule has 2 nitrogen and oxygen atoms in total. The van der Waals surface area contributed by atoms with Gasteiger partial charge >= 0.3 is 0 Å². The highest BCUT2D eigenvalue weighted by Gasteiger charge is 2.09. The molecule has 13 heavy (non-hydrogen) atoms. The topological polar surface area (TPSA) is 18.5 Å². The Morgan fingerprint density at radius 3 is 2.46 bits per heavy atom. The molecule has 0 aromatic heterocycles. The highest BCUT2D eigenvalue weighted by molar-refractivity contribution is 5.21. The van der Waals surface area contributed by atoms with Gasteiger partial charge in [-0.25, -0.2) is 0 Å². The summed E-state index contributed by atoms with van der Waals surface area (Å²) < 4.78 is 10.9. The number of ether oxygens (including phenoxy) is 2. The van der Waals surface area contributed by atoms with Gasteiger partial charge in [-0.15, -0.1) is 0 Å². The Hall–Kier alpha value is -0.920. The molecule has 1 aliphatic rings. The normalized spacial score (nSPS) is 18.7. The minimum absolute atomic E-state index is 0.561. The molecule has 0 saturated carbocycles. The zero-order valence-electron chi connectivity index (χ0n) is 8.89. The molecular weight excluding hydrogens is 164 g/mol. The average Bonchev–Trinajstić information content (AvgIpc) is 2.08. The van der Waals surface area contributed by atoms with E-state index in [2.05, 4.69) is 26.8 Å². The molecule has 74 valence electrons. The van der Waals surface area contributed by atoms with E-state index >= 15 is 0 Å². The van der Waals surface area contributed by atoms with Crippen molar-refractivity contribution in [2.24, 2.45) is 5.92 Å². The fourth-order valence-corrected chi connectivity index (χ4v) is 1.04. The highest BCUT2D eigenvalue weighted by Crippen LogP contribution is 2.18. The van der Waals surface area contributed by atoms with Gasteiger partial charge in [0.15, 0.2) is 5.76 Å². The Bertz CT molecular complexity index is 236. The maximum Gasteiger partial charge on any atom is 0.156 e. The van der Waals surface area contributed by atoms with Crippen LogP contribution in [0.4, 0.5) is 0 Å². The Morgan fingerprint density at radius 1 is 1.31 bits per heavy atom. The van der Waals surface area contributed by atoms with Crippen LogP contribution in [0.15, 0.2) is 23.2 Å². The van der Waals surface area contributed by atoms with Gasteiger partial charge in [-0.3, -0.25) is 0 Å². The molecule has 0 aromatic rings. The molecule has 1 heterocycles. The van der Waals surface area contributed by atoms with Crippen LogP contribution in [-0.2, 0) is 9.47 Å². The fraction of sp³-hybridized carbons (Fsp3) is 0.636. The smallest absolute Gasteiger partial charge is 0.156 e. The summed E-state index contributed by atoms with van der Waals surface area (Å²) in [5.74, 6) is 2.34. The summed E-state index contributed by atoms with van der Waals surface area (Å²) in [5.41, 5.74) is 1.32. The van der Waals surface area contributed by atoms with Gasteiger partial charge in [0.05, 0.1) is 0 Å². The monoisotopic (exact) mass is 182 g/mol. The molecular formula is C11H18O2. The van der Waals surface area contributed by atoms with Gasteiger partial charge in [0.25, 0.3) is 0 Å². The first-order valence-corrected chi connectivity index (χ1v) is 4.76. The van der Waals surface area contributed by atoms with Crippen LogP contribution in [0.25, 0.3) is 0 Å². The molecule has 0 atom stereocenters. The van der Waals surface area contributed by atoms with Crippen molar-refractivity contribution in [3.8, 4) is 0 Å². The number of allylic oxidation sites excluding steroid dienone is 3. The Morgan fingerprint density at radius 2 is 1.92 bits per heavy atom. The minimum atomic E-state index is 0.561. The summed E-state index contributed by atoms with van der Waals surface area (Å²) in [4.78, 5) is 0. The van der Waals surface area contributed by atoms with E-state index in [1.54, 1.807) is 0 Å². The fourth-order valence-electron chi connectivity index (χ4n) is 1.04. The standard InChI is InChI=1S/C11H18O2/c1-8(2)9(3)7-11-10(4)12-5-6-13-11/h7-8H,5-6H2,1-4H3/b9-7+. The lowest BCUT2D eigenvalue weighted by molar-refractivity contribution is 0.0706. The lowest BCUT2D eigenvalue weighted by Gasteiger charge is -2.18. The lowest BCUT2D eigenvalue weighted by Crippen LogP contribution is -2.11. The first-order valence-electron chi connectivity index (χ1n) is 4.76. The van der Waals surface area contributed by atoms with E-state index in [1.165, 1.54) is 5.57 Å². The third-order valence-electron chi connectivity index (χ3n) is 2.28. The average molecular weight is 182 g/mol. The minimum Gasteiger partial charge on any atom is -0.491 e. The van der Waals surface area contributed by atoms with Gasteiger partial charge in [0.2, 0.25) is 0 Å². The number of hydrogen-bond acceptors (Lipinski definition) is 2. The molecule has 0 aromatic carbocycles. The van der Waals surface area contributed by atoms with E-state index in [1.807, 2.05) is 6.92 Å². The third-order valence-corrected chi connectivity index (χ3v) is 2.28. The number of hydrogen-bond donors (Lipinski definition) is 0. The van der Waals surface area contributed by atoms with Crippen molar-refractivity contribution < 1.29 is 9.47 Å². The van der Waals surface area contributed by atoms with Gasteiger partial charge in [-0.05, 0) is 25.8 Å². The summed E-state index contributed by atoms with van der Waals surface area (Å²) in [5, 5.41) is 0. The van der Waals surface area contributed by atoms with E-state index < -0.39 is 0 Å². The molecule has 1 rings (SSSR count). The van der Waals surface area contributed by atoms with Crippen LogP contribution in [0.1, 0.15) is 27.7 Å². The largest absolute Gasteiger partial charge is 0.491 e. The summed E-state index contributed by atoms with van der Waals surface area (Å²) in [6.45, 7) is 9.73. The van der Waals surface area contributed by atoms with Gasteiger partial charge in [-0.1, -0.05) is 19.4 Å². The molecule has 0 aliphatic carbocycles. The molecule has 0 saturated heterocycles. The van der Waals surface area contributed by atoms with Crippen LogP contribution in [0.3, 0.4) is 0 Å². The summed E-state index contributed by atoms with van der Waals surface area (Å²) in [6, 6.07) is 0. The predicted octanol–water partition coefficient (Wildman–Crippen LogP) is 2.87. The highest BCUT2D eigenvalue weighted by atomic mass is 16.6. The first-order chi connectivity index (χ1) is 6.11. The summed E-state index contributed by atoms with van der Waals surface area (Å²) in [7, 11) is 0. The predicted molar refractivity (Wildman–Crippen MR) is 53.2 cm³/mol. The molecule has 0 amide bonds. The van der Waals surface area contributed by atoms with Gasteiger partial charge in [-0.2, -0.15) is 0 Å². The Balaban J connectivity index is 2.76. The van der Waals surface area contributed by atoms with Gasteiger partial charge < -0.3 is 9.47 Å². The second kappa shape index (κ2) is 4.35. The Labute approximate surface area is 80.2 Å². The quantitative estimate of drug-likeness (QED) is 0.653. The van der Waals surface area contributed by atoms with Crippen molar-refractivity contribution in [1.82, 2.24) is 0 Å². The van der Waals surface area contributed by atoms with Crippen molar-refractivity contribution in [2.75, 3.05) is 13.2 Å². The molecule has 0 N–H and O–H groups in total. The summed E-state index contributed by atoms with van der Waals surface area (Å²) in [6.07, 6.45) is 2.07. The van der Waals surface area contributed by atoms with Crippen LogP contribution in [0.5, 0.6) is 0 Å². The van der Waals surface area contributed by atoms with E-state index in [0.717, 1.165) is 11.5 Å². The van der Waals surface area contributed by atoms with Crippen LogP contribution in [0.2, 0.25) is 0 Å². The maximum absolute atomic E-state index is 5.49.